The summed E-state index contributed by atoms with van der Waals surface area (Å²) < 4.78 is 0. The van der Waals surface area contributed by atoms with Gasteiger partial charge >= 0.3 is 0 Å². The van der Waals surface area contributed by atoms with Gasteiger partial charge in [-0.05, 0) is 43.8 Å². The highest BCUT2D eigenvalue weighted by Gasteiger charge is 2.13. The summed E-state index contributed by atoms with van der Waals surface area (Å²) in [6.45, 7) is 5.00. The second-order valence-electron chi connectivity index (χ2n) is 3.67. The van der Waals surface area contributed by atoms with E-state index in [9.17, 15) is 0 Å². The Kier molecular flexibility index (Phi) is 5.03. The minimum absolute atomic E-state index is 0.240. The van der Waals surface area contributed by atoms with E-state index in [1.807, 2.05) is 43.1 Å². The largest absolute Gasteiger partial charge is 0.363 e. The van der Waals surface area contributed by atoms with Crippen LogP contribution in [0.4, 0.5) is 0 Å². The second-order valence-corrected chi connectivity index (χ2v) is 4.50. The maximum atomic E-state index is 5.86. The summed E-state index contributed by atoms with van der Waals surface area (Å²) in [6.07, 6.45) is 0. The van der Waals surface area contributed by atoms with E-state index in [1.54, 1.807) is 0 Å². The van der Waals surface area contributed by atoms with Gasteiger partial charge in [-0.25, -0.2) is 0 Å². The van der Waals surface area contributed by atoms with Crippen molar-refractivity contribution in [2.75, 3.05) is 13.6 Å². The summed E-state index contributed by atoms with van der Waals surface area (Å²) in [6, 6.07) is 8.09. The van der Waals surface area contributed by atoms with Gasteiger partial charge in [-0.15, -0.1) is 0 Å². The minimum atomic E-state index is 0.240. The summed E-state index contributed by atoms with van der Waals surface area (Å²) in [5, 5.41) is 4.66. The molecule has 1 unspecified atom stereocenters. The van der Waals surface area contributed by atoms with Crippen LogP contribution in [0, 0.1) is 0 Å². The number of nitrogens with zero attached hydrogens (tertiary/aromatic N) is 1. The monoisotopic (exact) mass is 256 g/mol. The molecule has 0 aliphatic rings. The van der Waals surface area contributed by atoms with E-state index < -0.39 is 0 Å². The number of benzene rings is 1. The predicted molar refractivity (Wildman–Crippen MR) is 73.9 cm³/mol. The molecule has 0 saturated carbocycles. The molecule has 1 aromatic carbocycles. The Bertz CT molecular complexity index is 351. The highest BCUT2D eigenvalue weighted by atomic mass is 35.5. The van der Waals surface area contributed by atoms with Crippen molar-refractivity contribution in [2.45, 2.75) is 19.9 Å². The maximum Gasteiger partial charge on any atom is 0.169 e. The first-order valence-electron chi connectivity index (χ1n) is 5.32. The molecule has 1 aromatic rings. The molecule has 0 radical (unpaired) electrons. The van der Waals surface area contributed by atoms with Crippen LogP contribution in [0.2, 0.25) is 5.02 Å². The summed E-state index contributed by atoms with van der Waals surface area (Å²) in [5.74, 6) is 0. The number of hydrogen-bond donors (Lipinski definition) is 1. The van der Waals surface area contributed by atoms with Crippen molar-refractivity contribution in [3.63, 3.8) is 0 Å². The lowest BCUT2D eigenvalue weighted by Crippen LogP contribution is -2.38. The molecular formula is C12H17ClN2S. The summed E-state index contributed by atoms with van der Waals surface area (Å²) in [4.78, 5) is 2.04. The third-order valence-corrected chi connectivity index (χ3v) is 3.27. The minimum Gasteiger partial charge on any atom is -0.363 e. The van der Waals surface area contributed by atoms with E-state index in [0.29, 0.717) is 0 Å². The molecule has 0 aliphatic heterocycles. The van der Waals surface area contributed by atoms with Crippen molar-refractivity contribution in [3.8, 4) is 0 Å². The zero-order valence-corrected chi connectivity index (χ0v) is 11.4. The van der Waals surface area contributed by atoms with Gasteiger partial charge in [0, 0.05) is 18.6 Å². The summed E-state index contributed by atoms with van der Waals surface area (Å²) in [7, 11) is 1.99. The van der Waals surface area contributed by atoms with E-state index >= 15 is 0 Å². The Hall–Kier alpha value is -0.800. The lowest BCUT2D eigenvalue weighted by Gasteiger charge is -2.27. The van der Waals surface area contributed by atoms with Gasteiger partial charge in [-0.1, -0.05) is 23.7 Å². The van der Waals surface area contributed by atoms with Crippen molar-refractivity contribution < 1.29 is 0 Å². The zero-order valence-electron chi connectivity index (χ0n) is 9.83. The molecule has 4 heteroatoms. The Labute approximate surface area is 108 Å². The topological polar surface area (TPSA) is 15.3 Å². The third kappa shape index (κ3) is 3.35. The second kappa shape index (κ2) is 6.06. The molecular weight excluding hydrogens is 240 g/mol. The molecule has 0 saturated heterocycles. The van der Waals surface area contributed by atoms with Crippen LogP contribution in [0.1, 0.15) is 25.5 Å². The van der Waals surface area contributed by atoms with Gasteiger partial charge in [-0.2, -0.15) is 0 Å². The Morgan fingerprint density at radius 3 is 2.50 bits per heavy atom. The zero-order chi connectivity index (χ0) is 12.1. The van der Waals surface area contributed by atoms with Crippen molar-refractivity contribution in [1.82, 2.24) is 10.2 Å². The molecule has 0 spiro atoms. The molecule has 1 N–H and O–H groups in total. The number of hydrogen-bond acceptors (Lipinski definition) is 1. The molecule has 0 fully saturated rings. The Balaban J connectivity index is 2.73. The van der Waals surface area contributed by atoms with Gasteiger partial charge in [0.05, 0.1) is 6.04 Å². The Morgan fingerprint density at radius 1 is 1.44 bits per heavy atom. The predicted octanol–water partition coefficient (Wildman–Crippen LogP) is 3.23. The van der Waals surface area contributed by atoms with Crippen LogP contribution in [0.25, 0.3) is 0 Å². The summed E-state index contributed by atoms with van der Waals surface area (Å²) >= 11 is 11.1. The lowest BCUT2D eigenvalue weighted by atomic mass is 10.1. The standard InChI is InChI=1S/C12H17ClN2S/c1-4-14-12(16)15(3)9(2)10-5-7-11(13)8-6-10/h5-9H,4H2,1-3H3,(H,14,16). The molecule has 0 aromatic heterocycles. The first-order valence-corrected chi connectivity index (χ1v) is 6.11. The molecule has 88 valence electrons. The van der Waals surface area contributed by atoms with E-state index in [0.717, 1.165) is 16.7 Å². The molecule has 1 atom stereocenters. The van der Waals surface area contributed by atoms with E-state index in [-0.39, 0.29) is 6.04 Å². The fourth-order valence-corrected chi connectivity index (χ4v) is 1.85. The smallest absolute Gasteiger partial charge is 0.169 e. The quantitative estimate of drug-likeness (QED) is 0.836. The number of nitrogens with one attached hydrogen (secondary N) is 1. The third-order valence-electron chi connectivity index (χ3n) is 2.58. The fourth-order valence-electron chi connectivity index (χ4n) is 1.42. The number of halogens is 1. The molecule has 0 heterocycles. The first-order chi connectivity index (χ1) is 7.56. The summed E-state index contributed by atoms with van der Waals surface area (Å²) in [5.41, 5.74) is 1.20. The van der Waals surface area contributed by atoms with Gasteiger partial charge in [0.15, 0.2) is 5.11 Å². The van der Waals surface area contributed by atoms with Crippen LogP contribution >= 0.6 is 23.8 Å². The molecule has 0 amide bonds. The first kappa shape index (κ1) is 13.3. The van der Waals surface area contributed by atoms with Crippen molar-refractivity contribution in [1.29, 1.82) is 0 Å². The molecule has 1 rings (SSSR count). The van der Waals surface area contributed by atoms with Crippen molar-refractivity contribution in [3.05, 3.63) is 34.9 Å². The number of rotatable bonds is 3. The van der Waals surface area contributed by atoms with Gasteiger partial charge in [-0.3, -0.25) is 0 Å². The van der Waals surface area contributed by atoms with Crippen LogP contribution in [0.15, 0.2) is 24.3 Å². The van der Waals surface area contributed by atoms with E-state index in [4.69, 9.17) is 23.8 Å². The van der Waals surface area contributed by atoms with Crippen LogP contribution in [-0.2, 0) is 0 Å². The van der Waals surface area contributed by atoms with E-state index in [1.165, 1.54) is 5.56 Å². The average Bonchev–Trinajstić information content (AvgIpc) is 2.28. The van der Waals surface area contributed by atoms with Crippen LogP contribution in [0.3, 0.4) is 0 Å². The maximum absolute atomic E-state index is 5.86. The molecule has 0 bridgehead atoms. The normalized spacial score (nSPS) is 12.0. The lowest BCUT2D eigenvalue weighted by molar-refractivity contribution is 0.397. The van der Waals surface area contributed by atoms with E-state index in [2.05, 4.69) is 12.2 Å². The van der Waals surface area contributed by atoms with Gasteiger partial charge in [0.1, 0.15) is 0 Å². The number of thiocarbonyl (C=S) groups is 1. The van der Waals surface area contributed by atoms with Crippen molar-refractivity contribution >= 4 is 28.9 Å². The SMILES string of the molecule is CCNC(=S)N(C)C(C)c1ccc(Cl)cc1. The molecule has 2 nitrogen and oxygen atoms in total. The van der Waals surface area contributed by atoms with Gasteiger partial charge < -0.3 is 10.2 Å². The van der Waals surface area contributed by atoms with Gasteiger partial charge in [0.25, 0.3) is 0 Å². The highest BCUT2D eigenvalue weighted by Crippen LogP contribution is 2.20. The fraction of sp³-hybridized carbons (Fsp3) is 0.417. The molecule has 0 aliphatic carbocycles. The van der Waals surface area contributed by atoms with Crippen molar-refractivity contribution in [2.24, 2.45) is 0 Å². The average molecular weight is 257 g/mol. The highest BCUT2D eigenvalue weighted by molar-refractivity contribution is 7.80. The van der Waals surface area contributed by atoms with Crippen LogP contribution < -0.4 is 5.32 Å². The Morgan fingerprint density at radius 2 is 2.00 bits per heavy atom. The molecule has 16 heavy (non-hydrogen) atoms. The van der Waals surface area contributed by atoms with Crippen LogP contribution in [0.5, 0.6) is 0 Å². The van der Waals surface area contributed by atoms with Gasteiger partial charge in [0.2, 0.25) is 0 Å². The van der Waals surface area contributed by atoms with Crippen LogP contribution in [-0.4, -0.2) is 23.6 Å².